The number of amides is 3. The van der Waals surface area contributed by atoms with Gasteiger partial charge >= 0.3 is 24.2 Å². The number of nitrogens with one attached hydrogen (secondary N) is 2. The Hall–Kier alpha value is -5.67. The van der Waals surface area contributed by atoms with E-state index in [-0.39, 0.29) is 59.9 Å². The van der Waals surface area contributed by atoms with Crippen LogP contribution < -0.4 is 5.32 Å². The predicted octanol–water partition coefficient (Wildman–Crippen LogP) is 7.38. The number of aryl methyl sites for hydroxylation is 1. The number of benzene rings is 1. The lowest BCUT2D eigenvalue weighted by Gasteiger charge is -2.29. The number of H-pyrrole nitrogens is 1. The van der Waals surface area contributed by atoms with Gasteiger partial charge in [-0.25, -0.2) is 23.6 Å². The number of likely N-dealkylation sites (N-methyl/N-ethyl adjacent to an activating group) is 1. The first-order chi connectivity index (χ1) is 25.4. The number of halogens is 1. The Morgan fingerprint density at radius 2 is 1.49 bits per heavy atom. The van der Waals surface area contributed by atoms with Gasteiger partial charge in [0.25, 0.3) is 5.91 Å². The van der Waals surface area contributed by atoms with E-state index in [2.05, 4.69) is 15.4 Å². The lowest BCUT2D eigenvalue weighted by molar-refractivity contribution is -0.110. The molecular formula is C39H51FN6O9. The van der Waals surface area contributed by atoms with Crippen LogP contribution in [0.15, 0.2) is 24.4 Å². The van der Waals surface area contributed by atoms with Gasteiger partial charge in [-0.15, -0.1) is 0 Å². The summed E-state index contributed by atoms with van der Waals surface area (Å²) in [6.45, 7) is 18.6. The van der Waals surface area contributed by atoms with Crippen molar-refractivity contribution < 1.29 is 47.3 Å². The van der Waals surface area contributed by atoms with E-state index in [1.54, 1.807) is 82.2 Å². The maximum Gasteiger partial charge on any atom is 0.435 e. The fraction of sp³-hybridized carbons (Fsp3) is 0.487. The van der Waals surface area contributed by atoms with Crippen molar-refractivity contribution in [1.82, 2.24) is 24.6 Å². The molecule has 1 aliphatic heterocycles. The van der Waals surface area contributed by atoms with Crippen LogP contribution in [0.2, 0.25) is 0 Å². The molecule has 0 atom stereocenters. The van der Waals surface area contributed by atoms with Crippen LogP contribution in [-0.4, -0.2) is 98.3 Å². The van der Waals surface area contributed by atoms with Gasteiger partial charge in [0, 0.05) is 48.7 Å². The number of nitrogens with zero attached hydrogens (tertiary/aromatic N) is 4. The fourth-order valence-electron chi connectivity index (χ4n) is 5.40. The molecule has 0 fully saturated rings. The Kier molecular flexibility index (Phi) is 12.2. The number of hydrogen-bond acceptors (Lipinski definition) is 10. The summed E-state index contributed by atoms with van der Waals surface area (Å²) in [6, 6.07) is 4.18. The molecule has 15 nitrogen and oxygen atoms in total. The summed E-state index contributed by atoms with van der Waals surface area (Å²) in [5, 5.41) is 7.12. The third-order valence-corrected chi connectivity index (χ3v) is 7.72. The highest BCUT2D eigenvalue weighted by atomic mass is 19.1. The molecule has 0 bridgehead atoms. The molecule has 0 aliphatic carbocycles. The normalized spacial score (nSPS) is 13.6. The SMILES string of the molecule is CCOC(=O)c1cc(C)[nH]c1/C=C1\C(=O)Nc2cc(F)c(-c3cn(C(=O)OC(C)(C)C)nc3CN(CCN(C)C(=O)OC(C)(C)C)C(=O)OC(C)(C)C)cc21. The van der Waals surface area contributed by atoms with Crippen molar-refractivity contribution in [1.29, 1.82) is 0 Å². The molecule has 298 valence electrons. The summed E-state index contributed by atoms with van der Waals surface area (Å²) >= 11 is 0. The maximum atomic E-state index is 16.2. The minimum absolute atomic E-state index is 0.0252. The summed E-state index contributed by atoms with van der Waals surface area (Å²) in [4.78, 5) is 71.3. The van der Waals surface area contributed by atoms with E-state index in [0.717, 1.165) is 10.7 Å². The highest BCUT2D eigenvalue weighted by Crippen LogP contribution is 2.39. The zero-order valence-corrected chi connectivity index (χ0v) is 33.6. The molecular weight excluding hydrogens is 715 g/mol. The Balaban J connectivity index is 1.83. The minimum Gasteiger partial charge on any atom is -0.462 e. The smallest absolute Gasteiger partial charge is 0.435 e. The molecule has 0 radical (unpaired) electrons. The lowest BCUT2D eigenvalue weighted by atomic mass is 9.98. The monoisotopic (exact) mass is 766 g/mol. The number of carbonyl (C=O) groups is 5. The van der Waals surface area contributed by atoms with Gasteiger partial charge in [0.1, 0.15) is 22.6 Å². The number of rotatable bonds is 9. The number of aromatic amines is 1. The van der Waals surface area contributed by atoms with Crippen molar-refractivity contribution in [2.24, 2.45) is 0 Å². The van der Waals surface area contributed by atoms with Crippen molar-refractivity contribution >= 4 is 47.5 Å². The molecule has 4 rings (SSSR count). The summed E-state index contributed by atoms with van der Waals surface area (Å²) in [5.74, 6) is -1.88. The second-order valence-corrected chi connectivity index (χ2v) is 16.1. The van der Waals surface area contributed by atoms with Gasteiger partial charge in [-0.2, -0.15) is 9.78 Å². The first-order valence-corrected chi connectivity index (χ1v) is 17.8. The van der Waals surface area contributed by atoms with Gasteiger partial charge in [0.05, 0.1) is 41.4 Å². The summed E-state index contributed by atoms with van der Waals surface area (Å²) in [6.07, 6.45) is 0.549. The van der Waals surface area contributed by atoms with Crippen molar-refractivity contribution in [3.05, 3.63) is 58.4 Å². The topological polar surface area (TPSA) is 174 Å². The quantitative estimate of drug-likeness (QED) is 0.127. The van der Waals surface area contributed by atoms with Crippen molar-refractivity contribution in [3.63, 3.8) is 0 Å². The average Bonchev–Trinajstić information content (AvgIpc) is 3.70. The van der Waals surface area contributed by atoms with Gasteiger partial charge in [0.15, 0.2) is 0 Å². The minimum atomic E-state index is -0.902. The van der Waals surface area contributed by atoms with Gasteiger partial charge in [-0.05, 0) is 100 Å². The van der Waals surface area contributed by atoms with E-state index in [1.165, 1.54) is 35.2 Å². The molecule has 1 aromatic carbocycles. The van der Waals surface area contributed by atoms with E-state index >= 15 is 4.39 Å². The Morgan fingerprint density at radius 3 is 2.09 bits per heavy atom. The number of esters is 1. The Morgan fingerprint density at radius 1 is 0.873 bits per heavy atom. The van der Waals surface area contributed by atoms with Crippen LogP contribution in [0.4, 0.5) is 24.5 Å². The van der Waals surface area contributed by atoms with Gasteiger partial charge in [0.2, 0.25) is 0 Å². The molecule has 0 saturated carbocycles. The standard InChI is InChI=1S/C39H51FN6O9/c1-13-52-33(48)26-16-22(2)41-29(26)18-25-24-17-23(28(40)19-30(24)42-32(25)47)27-20-46(36(51)55-39(9,10)11)43-31(27)21-45(35(50)54-38(6,7)8)15-14-44(12)34(49)53-37(3,4)5/h16-20,41H,13-15,21H2,1-12H3,(H,42,47)/b25-18-. The molecule has 2 N–H and O–H groups in total. The van der Waals surface area contributed by atoms with Crippen LogP contribution in [0.5, 0.6) is 0 Å². The van der Waals surface area contributed by atoms with Crippen molar-refractivity contribution in [3.8, 4) is 11.1 Å². The molecule has 1 aliphatic rings. The van der Waals surface area contributed by atoms with E-state index in [1.807, 2.05) is 0 Å². The summed E-state index contributed by atoms with van der Waals surface area (Å²) in [7, 11) is 1.52. The zero-order chi connectivity index (χ0) is 41.2. The summed E-state index contributed by atoms with van der Waals surface area (Å²) < 4.78 is 39.0. The third kappa shape index (κ3) is 11.0. The predicted molar refractivity (Wildman–Crippen MR) is 203 cm³/mol. The van der Waals surface area contributed by atoms with Gasteiger partial charge in [-0.1, -0.05) is 0 Å². The Labute approximate surface area is 320 Å². The van der Waals surface area contributed by atoms with E-state index in [9.17, 15) is 24.0 Å². The highest BCUT2D eigenvalue weighted by molar-refractivity contribution is 6.35. The van der Waals surface area contributed by atoms with Crippen molar-refractivity contribution in [2.75, 3.05) is 32.1 Å². The third-order valence-electron chi connectivity index (χ3n) is 7.72. The van der Waals surface area contributed by atoms with E-state index < -0.39 is 52.8 Å². The largest absolute Gasteiger partial charge is 0.462 e. The number of hydrogen-bond donors (Lipinski definition) is 2. The molecule has 2 aromatic heterocycles. The van der Waals surface area contributed by atoms with E-state index in [4.69, 9.17) is 18.9 Å². The average molecular weight is 767 g/mol. The first-order valence-electron chi connectivity index (χ1n) is 17.8. The van der Waals surface area contributed by atoms with Crippen LogP contribution in [0.25, 0.3) is 22.8 Å². The second-order valence-electron chi connectivity index (χ2n) is 16.1. The highest BCUT2D eigenvalue weighted by Gasteiger charge is 2.32. The number of fused-ring (bicyclic) bond motifs is 1. The molecule has 16 heteroatoms. The van der Waals surface area contributed by atoms with Crippen LogP contribution in [0.3, 0.4) is 0 Å². The number of carbonyl (C=O) groups excluding carboxylic acids is 5. The maximum absolute atomic E-state index is 16.2. The van der Waals surface area contributed by atoms with Gasteiger partial charge < -0.3 is 39.0 Å². The zero-order valence-electron chi connectivity index (χ0n) is 33.6. The van der Waals surface area contributed by atoms with Crippen LogP contribution >= 0.6 is 0 Å². The van der Waals surface area contributed by atoms with Gasteiger partial charge in [-0.3, -0.25) is 4.79 Å². The second kappa shape index (κ2) is 16.0. The molecule has 3 aromatic rings. The summed E-state index contributed by atoms with van der Waals surface area (Å²) in [5.41, 5.74) is -0.589. The Bertz CT molecular complexity index is 2010. The van der Waals surface area contributed by atoms with Crippen LogP contribution in [0, 0.1) is 12.7 Å². The fourth-order valence-corrected chi connectivity index (χ4v) is 5.40. The lowest BCUT2D eigenvalue weighted by Crippen LogP contribution is -2.43. The number of aromatic nitrogens is 3. The van der Waals surface area contributed by atoms with E-state index in [0.29, 0.717) is 17.0 Å². The molecule has 0 unspecified atom stereocenters. The van der Waals surface area contributed by atoms with Crippen molar-refractivity contribution in [2.45, 2.75) is 99.5 Å². The first kappa shape index (κ1) is 42.1. The molecule has 3 heterocycles. The van der Waals surface area contributed by atoms with Crippen LogP contribution in [-0.2, 0) is 30.3 Å². The molecule has 0 saturated heterocycles. The number of anilines is 1. The molecule has 55 heavy (non-hydrogen) atoms. The number of ether oxygens (including phenoxy) is 4. The van der Waals surface area contributed by atoms with Crippen LogP contribution in [0.1, 0.15) is 102 Å². The molecule has 3 amide bonds. The molecule has 0 spiro atoms.